The summed E-state index contributed by atoms with van der Waals surface area (Å²) in [5.74, 6) is 0. The average molecular weight is 242 g/mol. The number of aliphatic hydroxyl groups is 1. The molecule has 18 heavy (non-hydrogen) atoms. The summed E-state index contributed by atoms with van der Waals surface area (Å²) in [6.07, 6.45) is 3.14. The van der Waals surface area contributed by atoms with Crippen molar-refractivity contribution in [3.8, 4) is 0 Å². The van der Waals surface area contributed by atoms with E-state index >= 15 is 0 Å². The fourth-order valence-corrected chi connectivity index (χ4v) is 1.94. The first kappa shape index (κ1) is 12.6. The molecule has 1 aromatic carbocycles. The van der Waals surface area contributed by atoms with E-state index in [-0.39, 0.29) is 6.04 Å². The molecule has 2 atom stereocenters. The number of nitrogens with one attached hydrogen (secondary N) is 1. The Labute approximate surface area is 108 Å². The fourth-order valence-electron chi connectivity index (χ4n) is 1.94. The van der Waals surface area contributed by atoms with Crippen molar-refractivity contribution < 1.29 is 5.11 Å². The molecule has 94 valence electrons. The van der Waals surface area contributed by atoms with Gasteiger partial charge in [0.05, 0.1) is 12.1 Å². The predicted octanol–water partition coefficient (Wildman–Crippen LogP) is 3.31. The van der Waals surface area contributed by atoms with Gasteiger partial charge in [0, 0.05) is 23.6 Å². The number of hydrogen-bond donors (Lipinski definition) is 2. The van der Waals surface area contributed by atoms with Crippen LogP contribution in [0.25, 0.3) is 0 Å². The Morgan fingerprint density at radius 3 is 2.56 bits per heavy atom. The Morgan fingerprint density at radius 2 is 1.89 bits per heavy atom. The summed E-state index contributed by atoms with van der Waals surface area (Å²) in [4.78, 5) is 4.12. The molecule has 2 unspecified atom stereocenters. The number of benzene rings is 1. The van der Waals surface area contributed by atoms with Crippen molar-refractivity contribution in [1.29, 1.82) is 0 Å². The van der Waals surface area contributed by atoms with Gasteiger partial charge in [-0.25, -0.2) is 0 Å². The molecule has 0 spiro atoms. The summed E-state index contributed by atoms with van der Waals surface area (Å²) in [7, 11) is 0. The molecule has 0 aliphatic heterocycles. The normalized spacial score (nSPS) is 13.9. The van der Waals surface area contributed by atoms with Crippen LogP contribution in [0.5, 0.6) is 0 Å². The fraction of sp³-hybridized carbons (Fsp3) is 0.267. The van der Waals surface area contributed by atoms with Crippen LogP contribution in [0.2, 0.25) is 0 Å². The summed E-state index contributed by atoms with van der Waals surface area (Å²) >= 11 is 0. The lowest BCUT2D eigenvalue weighted by Gasteiger charge is -2.19. The van der Waals surface area contributed by atoms with Crippen molar-refractivity contribution >= 4 is 5.69 Å². The maximum atomic E-state index is 9.74. The molecule has 2 aromatic rings. The van der Waals surface area contributed by atoms with Gasteiger partial charge in [-0.3, -0.25) is 4.98 Å². The number of anilines is 1. The van der Waals surface area contributed by atoms with Crippen LogP contribution in [0.15, 0.2) is 48.8 Å². The molecule has 2 rings (SSSR count). The number of hydrogen-bond acceptors (Lipinski definition) is 3. The quantitative estimate of drug-likeness (QED) is 0.864. The zero-order valence-corrected chi connectivity index (χ0v) is 10.7. The lowest BCUT2D eigenvalue weighted by atomic mass is 10.1. The minimum Gasteiger partial charge on any atom is -0.389 e. The van der Waals surface area contributed by atoms with Crippen LogP contribution in [-0.4, -0.2) is 10.1 Å². The number of nitrogens with zero attached hydrogens (tertiary/aromatic N) is 1. The monoisotopic (exact) mass is 242 g/mol. The third-order valence-corrected chi connectivity index (χ3v) is 2.97. The van der Waals surface area contributed by atoms with Gasteiger partial charge >= 0.3 is 0 Å². The van der Waals surface area contributed by atoms with Crippen molar-refractivity contribution in [2.45, 2.75) is 26.0 Å². The second-order valence-corrected chi connectivity index (χ2v) is 4.42. The van der Waals surface area contributed by atoms with E-state index in [0.717, 1.165) is 16.8 Å². The van der Waals surface area contributed by atoms with E-state index in [4.69, 9.17) is 0 Å². The lowest BCUT2D eigenvalue weighted by molar-refractivity contribution is 0.200. The molecule has 0 bridgehead atoms. The summed E-state index contributed by atoms with van der Waals surface area (Å²) in [5, 5.41) is 13.1. The Balaban J connectivity index is 2.19. The second-order valence-electron chi connectivity index (χ2n) is 4.42. The van der Waals surface area contributed by atoms with Crippen LogP contribution in [0, 0.1) is 0 Å². The number of aliphatic hydroxyl groups excluding tert-OH is 1. The Bertz CT molecular complexity index is 497. The summed E-state index contributed by atoms with van der Waals surface area (Å²) in [5.41, 5.74) is 3.00. The van der Waals surface area contributed by atoms with Crippen molar-refractivity contribution in [3.05, 3.63) is 59.9 Å². The molecule has 2 N–H and O–H groups in total. The van der Waals surface area contributed by atoms with Gasteiger partial charge in [-0.2, -0.15) is 0 Å². The van der Waals surface area contributed by atoms with Gasteiger partial charge < -0.3 is 10.4 Å². The number of aromatic nitrogens is 1. The average Bonchev–Trinajstić information content (AvgIpc) is 2.40. The van der Waals surface area contributed by atoms with E-state index in [2.05, 4.69) is 17.2 Å². The zero-order chi connectivity index (χ0) is 13.0. The van der Waals surface area contributed by atoms with Crippen molar-refractivity contribution in [3.63, 3.8) is 0 Å². The SMILES string of the molecule is CC(O)c1ccccc1NC(C)c1cccnc1. The van der Waals surface area contributed by atoms with Gasteiger partial charge in [0.2, 0.25) is 0 Å². The largest absolute Gasteiger partial charge is 0.389 e. The van der Waals surface area contributed by atoms with E-state index in [1.54, 1.807) is 13.1 Å². The minimum atomic E-state index is -0.477. The van der Waals surface area contributed by atoms with Crippen LogP contribution < -0.4 is 5.32 Å². The third kappa shape index (κ3) is 2.87. The van der Waals surface area contributed by atoms with E-state index < -0.39 is 6.10 Å². The van der Waals surface area contributed by atoms with Crippen molar-refractivity contribution in [1.82, 2.24) is 4.98 Å². The Morgan fingerprint density at radius 1 is 1.11 bits per heavy atom. The smallest absolute Gasteiger partial charge is 0.0781 e. The summed E-state index contributed by atoms with van der Waals surface area (Å²) < 4.78 is 0. The third-order valence-electron chi connectivity index (χ3n) is 2.97. The molecule has 1 heterocycles. The van der Waals surface area contributed by atoms with E-state index in [0.29, 0.717) is 0 Å². The first-order valence-electron chi connectivity index (χ1n) is 6.12. The highest BCUT2D eigenvalue weighted by Crippen LogP contribution is 2.26. The van der Waals surface area contributed by atoms with Gasteiger partial charge in [-0.05, 0) is 31.5 Å². The van der Waals surface area contributed by atoms with Crippen LogP contribution in [-0.2, 0) is 0 Å². The number of rotatable bonds is 4. The first-order valence-corrected chi connectivity index (χ1v) is 6.12. The Kier molecular flexibility index (Phi) is 3.95. The van der Waals surface area contributed by atoms with Crippen LogP contribution >= 0.6 is 0 Å². The van der Waals surface area contributed by atoms with E-state index in [9.17, 15) is 5.11 Å². The standard InChI is InChI=1S/C15H18N2O/c1-11(13-6-5-9-16-10-13)17-15-8-4-3-7-14(15)12(2)18/h3-12,17-18H,1-2H3. The number of pyridine rings is 1. The zero-order valence-electron chi connectivity index (χ0n) is 10.7. The highest BCUT2D eigenvalue weighted by molar-refractivity contribution is 5.53. The van der Waals surface area contributed by atoms with Gasteiger partial charge in [0.15, 0.2) is 0 Å². The molecule has 0 fully saturated rings. The molecule has 0 aliphatic carbocycles. The molecule has 0 saturated heterocycles. The van der Waals surface area contributed by atoms with Gasteiger partial charge in [-0.15, -0.1) is 0 Å². The lowest BCUT2D eigenvalue weighted by Crippen LogP contribution is -2.09. The maximum absolute atomic E-state index is 9.74. The molecule has 3 nitrogen and oxygen atoms in total. The first-order chi connectivity index (χ1) is 8.68. The van der Waals surface area contributed by atoms with Crippen molar-refractivity contribution in [2.24, 2.45) is 0 Å². The molecule has 3 heteroatoms. The van der Waals surface area contributed by atoms with Gasteiger partial charge in [0.25, 0.3) is 0 Å². The highest BCUT2D eigenvalue weighted by atomic mass is 16.3. The minimum absolute atomic E-state index is 0.151. The van der Waals surface area contributed by atoms with Crippen LogP contribution in [0.1, 0.15) is 37.1 Å². The van der Waals surface area contributed by atoms with Crippen molar-refractivity contribution in [2.75, 3.05) is 5.32 Å². The second kappa shape index (κ2) is 5.65. The highest BCUT2D eigenvalue weighted by Gasteiger charge is 2.10. The van der Waals surface area contributed by atoms with Gasteiger partial charge in [-0.1, -0.05) is 24.3 Å². The summed E-state index contributed by atoms with van der Waals surface area (Å²) in [6.45, 7) is 3.85. The molecule has 1 aromatic heterocycles. The predicted molar refractivity (Wildman–Crippen MR) is 73.4 cm³/mol. The topological polar surface area (TPSA) is 45.1 Å². The Hall–Kier alpha value is -1.87. The number of para-hydroxylation sites is 1. The maximum Gasteiger partial charge on any atom is 0.0781 e. The molecule has 0 amide bonds. The van der Waals surface area contributed by atoms with Crippen LogP contribution in [0.3, 0.4) is 0 Å². The van der Waals surface area contributed by atoms with E-state index in [1.807, 2.05) is 42.6 Å². The molecule has 0 aliphatic rings. The van der Waals surface area contributed by atoms with Crippen LogP contribution in [0.4, 0.5) is 5.69 Å². The molecule has 0 radical (unpaired) electrons. The molecular weight excluding hydrogens is 224 g/mol. The van der Waals surface area contributed by atoms with Gasteiger partial charge in [0.1, 0.15) is 0 Å². The molecular formula is C15H18N2O. The molecule has 0 saturated carbocycles. The van der Waals surface area contributed by atoms with E-state index in [1.165, 1.54) is 0 Å². The summed E-state index contributed by atoms with van der Waals surface area (Å²) in [6, 6.07) is 11.9.